The number of hydrogen-bond acceptors (Lipinski definition) is 4. The smallest absolute Gasteiger partial charge is 0.478 e. The van der Waals surface area contributed by atoms with E-state index in [-0.39, 0.29) is 23.2 Å². The van der Waals surface area contributed by atoms with Crippen LogP contribution >= 0.6 is 15.9 Å². The number of methoxy groups -OCH3 is 1. The summed E-state index contributed by atoms with van der Waals surface area (Å²) in [5.41, 5.74) is 0.551. The molecule has 0 amide bonds. The number of pyridine rings is 1. The van der Waals surface area contributed by atoms with E-state index >= 15 is 0 Å². The Morgan fingerprint density at radius 3 is 2.61 bits per heavy atom. The zero-order valence-electron chi connectivity index (χ0n) is 9.21. The molecule has 1 heterocycles. The van der Waals surface area contributed by atoms with Gasteiger partial charge in [0.05, 0.1) is 19.6 Å². The van der Waals surface area contributed by atoms with Gasteiger partial charge in [-0.05, 0) is 5.56 Å². The summed E-state index contributed by atoms with van der Waals surface area (Å²) in [6, 6.07) is 1.78. The van der Waals surface area contributed by atoms with Crippen molar-refractivity contribution in [3.63, 3.8) is 0 Å². The van der Waals surface area contributed by atoms with Gasteiger partial charge >= 0.3 is 6.36 Å². The first-order valence-electron chi connectivity index (χ1n) is 4.66. The minimum absolute atomic E-state index is 0.110. The van der Waals surface area contributed by atoms with Gasteiger partial charge in [-0.15, -0.1) is 13.2 Å². The molecule has 0 atom stereocenters. The monoisotopic (exact) mass is 324 g/mol. The SMILES string of the molecule is COc1ncc(CBr)c(CC#N)c1OC(F)(F)F. The van der Waals surface area contributed by atoms with E-state index in [1.807, 2.05) is 0 Å². The standard InChI is InChI=1S/C10H8BrF3N2O2/c1-17-9-8(18-10(12,13)14)7(2-3-15)6(4-11)5-16-9/h5H,2,4H2,1H3. The molecule has 0 N–H and O–H groups in total. The fraction of sp³-hybridized carbons (Fsp3) is 0.400. The van der Waals surface area contributed by atoms with Gasteiger partial charge in [-0.2, -0.15) is 5.26 Å². The summed E-state index contributed by atoms with van der Waals surface area (Å²) in [7, 11) is 1.18. The van der Waals surface area contributed by atoms with E-state index in [9.17, 15) is 13.2 Å². The molecule has 0 fully saturated rings. The van der Waals surface area contributed by atoms with Gasteiger partial charge in [0.15, 0.2) is 5.75 Å². The molecule has 0 spiro atoms. The first kappa shape index (κ1) is 14.6. The molecule has 0 aliphatic heterocycles. The van der Waals surface area contributed by atoms with Crippen molar-refractivity contribution in [1.82, 2.24) is 4.98 Å². The maximum absolute atomic E-state index is 12.3. The Morgan fingerprint density at radius 2 is 2.17 bits per heavy atom. The van der Waals surface area contributed by atoms with E-state index in [1.54, 1.807) is 6.07 Å². The van der Waals surface area contributed by atoms with E-state index in [0.717, 1.165) is 0 Å². The van der Waals surface area contributed by atoms with Gasteiger partial charge in [-0.3, -0.25) is 0 Å². The number of alkyl halides is 4. The molecule has 0 bridgehead atoms. The average molecular weight is 325 g/mol. The normalized spacial score (nSPS) is 10.9. The van der Waals surface area contributed by atoms with Crippen molar-refractivity contribution in [2.45, 2.75) is 18.1 Å². The van der Waals surface area contributed by atoms with Gasteiger partial charge in [-0.1, -0.05) is 15.9 Å². The largest absolute Gasteiger partial charge is 0.573 e. The van der Waals surface area contributed by atoms with Crippen LogP contribution in [0.4, 0.5) is 13.2 Å². The molecule has 4 nitrogen and oxygen atoms in total. The van der Waals surface area contributed by atoms with Gasteiger partial charge in [0, 0.05) is 17.1 Å². The molecule has 18 heavy (non-hydrogen) atoms. The minimum atomic E-state index is -4.87. The minimum Gasteiger partial charge on any atom is -0.478 e. The molecular weight excluding hydrogens is 317 g/mol. The second-order valence-electron chi connectivity index (χ2n) is 3.12. The molecular formula is C10H8BrF3N2O2. The van der Waals surface area contributed by atoms with Crippen LogP contribution < -0.4 is 9.47 Å². The average Bonchev–Trinajstić information content (AvgIpc) is 2.29. The quantitative estimate of drug-likeness (QED) is 0.799. The molecule has 98 valence electrons. The molecule has 1 aromatic rings. The van der Waals surface area contributed by atoms with Crippen LogP contribution in [-0.4, -0.2) is 18.5 Å². The number of hydrogen-bond donors (Lipinski definition) is 0. The Hall–Kier alpha value is -1.49. The Labute approximate surface area is 109 Å². The topological polar surface area (TPSA) is 55.1 Å². The van der Waals surface area contributed by atoms with Crippen molar-refractivity contribution < 1.29 is 22.6 Å². The van der Waals surface area contributed by atoms with Crippen LogP contribution in [0.5, 0.6) is 11.6 Å². The van der Waals surface area contributed by atoms with Gasteiger partial charge in [0.2, 0.25) is 0 Å². The molecule has 1 aromatic heterocycles. The summed E-state index contributed by atoms with van der Waals surface area (Å²) in [6.45, 7) is 0. The summed E-state index contributed by atoms with van der Waals surface area (Å²) in [5.74, 6) is -0.870. The van der Waals surface area contributed by atoms with Crippen LogP contribution in [0.3, 0.4) is 0 Å². The third kappa shape index (κ3) is 3.50. The first-order valence-corrected chi connectivity index (χ1v) is 5.78. The molecule has 0 aromatic carbocycles. The Bertz CT molecular complexity index is 471. The summed E-state index contributed by atoms with van der Waals surface area (Å²) < 4.78 is 45.5. The third-order valence-corrected chi connectivity index (χ3v) is 2.61. The molecule has 0 aliphatic carbocycles. The van der Waals surface area contributed by atoms with Gasteiger partial charge in [0.25, 0.3) is 5.88 Å². The first-order chi connectivity index (χ1) is 8.42. The highest BCUT2D eigenvalue weighted by Crippen LogP contribution is 2.36. The number of halogens is 4. The number of aromatic nitrogens is 1. The van der Waals surface area contributed by atoms with Crippen molar-refractivity contribution in [2.24, 2.45) is 0 Å². The highest BCUT2D eigenvalue weighted by molar-refractivity contribution is 9.08. The predicted molar refractivity (Wildman–Crippen MR) is 59.4 cm³/mol. The van der Waals surface area contributed by atoms with Crippen LogP contribution in [0, 0.1) is 11.3 Å². The second-order valence-corrected chi connectivity index (χ2v) is 3.68. The van der Waals surface area contributed by atoms with E-state index < -0.39 is 12.1 Å². The maximum Gasteiger partial charge on any atom is 0.573 e. The fourth-order valence-corrected chi connectivity index (χ4v) is 1.79. The highest BCUT2D eigenvalue weighted by Gasteiger charge is 2.34. The lowest BCUT2D eigenvalue weighted by molar-refractivity contribution is -0.275. The molecule has 0 radical (unpaired) electrons. The Kier molecular flexibility index (Phi) is 4.78. The van der Waals surface area contributed by atoms with Crippen molar-refractivity contribution in [2.75, 3.05) is 7.11 Å². The third-order valence-electron chi connectivity index (χ3n) is 2.00. The molecule has 0 saturated heterocycles. The van der Waals surface area contributed by atoms with Crippen LogP contribution in [-0.2, 0) is 11.8 Å². The summed E-state index contributed by atoms with van der Waals surface area (Å²) in [4.78, 5) is 3.71. The number of rotatable bonds is 4. The number of nitriles is 1. The molecule has 0 unspecified atom stereocenters. The molecule has 0 aliphatic rings. The molecule has 8 heteroatoms. The van der Waals surface area contributed by atoms with E-state index in [2.05, 4.69) is 25.7 Å². The highest BCUT2D eigenvalue weighted by atomic mass is 79.9. The van der Waals surface area contributed by atoms with Crippen LogP contribution in [0.1, 0.15) is 11.1 Å². The van der Waals surface area contributed by atoms with E-state index in [1.165, 1.54) is 13.3 Å². The number of nitrogens with zero attached hydrogens (tertiary/aromatic N) is 2. The zero-order chi connectivity index (χ0) is 13.8. The Morgan fingerprint density at radius 1 is 1.50 bits per heavy atom. The van der Waals surface area contributed by atoms with Gasteiger partial charge in [0.1, 0.15) is 0 Å². The van der Waals surface area contributed by atoms with E-state index in [0.29, 0.717) is 5.56 Å². The van der Waals surface area contributed by atoms with Crippen molar-refractivity contribution >= 4 is 15.9 Å². The predicted octanol–water partition coefficient (Wildman–Crippen LogP) is 2.95. The summed E-state index contributed by atoms with van der Waals surface area (Å²) >= 11 is 3.11. The molecule has 1 rings (SSSR count). The van der Waals surface area contributed by atoms with E-state index in [4.69, 9.17) is 10.00 Å². The lowest BCUT2D eigenvalue weighted by Gasteiger charge is -2.16. The van der Waals surface area contributed by atoms with Gasteiger partial charge < -0.3 is 9.47 Å². The van der Waals surface area contributed by atoms with Crippen LogP contribution in [0.25, 0.3) is 0 Å². The van der Waals surface area contributed by atoms with Crippen molar-refractivity contribution in [3.05, 3.63) is 17.3 Å². The Balaban J connectivity index is 3.36. The van der Waals surface area contributed by atoms with Crippen molar-refractivity contribution in [3.8, 4) is 17.7 Å². The van der Waals surface area contributed by atoms with Crippen LogP contribution in [0.15, 0.2) is 6.20 Å². The second kappa shape index (κ2) is 5.91. The lowest BCUT2D eigenvalue weighted by Crippen LogP contribution is -2.19. The summed E-state index contributed by atoms with van der Waals surface area (Å²) in [6.07, 6.45) is -3.77. The molecule has 0 saturated carbocycles. The number of ether oxygens (including phenoxy) is 2. The van der Waals surface area contributed by atoms with Crippen LogP contribution in [0.2, 0.25) is 0 Å². The fourth-order valence-electron chi connectivity index (χ4n) is 1.30. The lowest BCUT2D eigenvalue weighted by atomic mass is 10.1. The summed E-state index contributed by atoms with van der Waals surface area (Å²) in [5, 5.41) is 8.92. The zero-order valence-corrected chi connectivity index (χ0v) is 10.8. The maximum atomic E-state index is 12.3. The van der Waals surface area contributed by atoms with Crippen molar-refractivity contribution in [1.29, 1.82) is 5.26 Å². The van der Waals surface area contributed by atoms with Gasteiger partial charge in [-0.25, -0.2) is 4.98 Å².